The molecule has 3 rings (SSSR count). The minimum absolute atomic E-state index is 0.0548. The molecule has 0 bridgehead atoms. The number of aliphatic hydroxyl groups excluding tert-OH is 1. The second kappa shape index (κ2) is 7.28. The zero-order chi connectivity index (χ0) is 16.1. The number of aromatic nitrogens is 2. The first kappa shape index (κ1) is 15.6. The number of carbonyl (C=O) groups is 1. The summed E-state index contributed by atoms with van der Waals surface area (Å²) < 4.78 is 1.60. The first-order chi connectivity index (χ1) is 11.2. The van der Waals surface area contributed by atoms with Crippen molar-refractivity contribution >= 4 is 11.6 Å². The summed E-state index contributed by atoms with van der Waals surface area (Å²) in [5.74, 6) is -0.153. The van der Waals surface area contributed by atoms with Crippen molar-refractivity contribution in [3.05, 3.63) is 47.8 Å². The lowest BCUT2D eigenvalue weighted by Crippen LogP contribution is -2.30. The SMILES string of the molecule is O=C(Cn1cc(NC2CCc3ccccc3C2)cn1)NCCO. The van der Waals surface area contributed by atoms with Crippen LogP contribution in [-0.2, 0) is 24.2 Å². The van der Waals surface area contributed by atoms with Crippen LogP contribution in [-0.4, -0.2) is 40.0 Å². The van der Waals surface area contributed by atoms with Gasteiger partial charge in [-0.1, -0.05) is 24.3 Å². The maximum atomic E-state index is 11.6. The van der Waals surface area contributed by atoms with Gasteiger partial charge in [0.15, 0.2) is 0 Å². The van der Waals surface area contributed by atoms with Gasteiger partial charge < -0.3 is 15.7 Å². The highest BCUT2D eigenvalue weighted by molar-refractivity contribution is 5.75. The molecule has 0 fully saturated rings. The average molecular weight is 314 g/mol. The second-order valence-corrected chi connectivity index (χ2v) is 5.85. The Balaban J connectivity index is 1.54. The van der Waals surface area contributed by atoms with Gasteiger partial charge in [-0.05, 0) is 30.4 Å². The number of rotatable bonds is 6. The Hall–Kier alpha value is -2.34. The Morgan fingerprint density at radius 2 is 2.17 bits per heavy atom. The fraction of sp³-hybridized carbons (Fsp3) is 0.412. The Morgan fingerprint density at radius 1 is 1.35 bits per heavy atom. The summed E-state index contributed by atoms with van der Waals surface area (Å²) in [5.41, 5.74) is 3.79. The summed E-state index contributed by atoms with van der Waals surface area (Å²) in [6.45, 7) is 0.378. The topological polar surface area (TPSA) is 79.2 Å². The Bertz CT molecular complexity index is 668. The van der Waals surface area contributed by atoms with Gasteiger partial charge in [0.1, 0.15) is 6.54 Å². The van der Waals surface area contributed by atoms with E-state index in [1.54, 1.807) is 10.9 Å². The number of hydrogen-bond donors (Lipinski definition) is 3. The number of nitrogens with zero attached hydrogens (tertiary/aromatic N) is 2. The van der Waals surface area contributed by atoms with E-state index < -0.39 is 0 Å². The number of hydrogen-bond acceptors (Lipinski definition) is 4. The van der Waals surface area contributed by atoms with Crippen molar-refractivity contribution in [3.8, 4) is 0 Å². The second-order valence-electron chi connectivity index (χ2n) is 5.85. The Kier molecular flexibility index (Phi) is 4.92. The molecule has 6 heteroatoms. The van der Waals surface area contributed by atoms with Gasteiger partial charge >= 0.3 is 0 Å². The zero-order valence-electron chi connectivity index (χ0n) is 13.0. The van der Waals surface area contributed by atoms with E-state index in [1.165, 1.54) is 11.1 Å². The third kappa shape index (κ3) is 4.10. The van der Waals surface area contributed by atoms with E-state index in [4.69, 9.17) is 5.11 Å². The molecule has 122 valence electrons. The van der Waals surface area contributed by atoms with Crippen LogP contribution in [0.5, 0.6) is 0 Å². The first-order valence-electron chi connectivity index (χ1n) is 7.98. The Morgan fingerprint density at radius 3 is 3.00 bits per heavy atom. The number of carbonyl (C=O) groups excluding carboxylic acids is 1. The lowest BCUT2D eigenvalue weighted by Gasteiger charge is -2.25. The highest BCUT2D eigenvalue weighted by atomic mass is 16.3. The van der Waals surface area contributed by atoms with Gasteiger partial charge in [-0.2, -0.15) is 5.10 Å². The van der Waals surface area contributed by atoms with Gasteiger partial charge in [0.2, 0.25) is 5.91 Å². The van der Waals surface area contributed by atoms with E-state index in [0.717, 1.165) is 24.9 Å². The van der Waals surface area contributed by atoms with Crippen LogP contribution in [0.1, 0.15) is 17.5 Å². The number of nitrogens with one attached hydrogen (secondary N) is 2. The number of aryl methyl sites for hydroxylation is 1. The number of benzene rings is 1. The monoisotopic (exact) mass is 314 g/mol. The van der Waals surface area contributed by atoms with Crippen molar-refractivity contribution in [1.29, 1.82) is 0 Å². The largest absolute Gasteiger partial charge is 0.395 e. The summed E-state index contributed by atoms with van der Waals surface area (Å²) in [6.07, 6.45) is 6.79. The number of aliphatic hydroxyl groups is 1. The molecule has 1 unspecified atom stereocenters. The van der Waals surface area contributed by atoms with E-state index in [2.05, 4.69) is 40.0 Å². The number of anilines is 1. The number of fused-ring (bicyclic) bond motifs is 1. The van der Waals surface area contributed by atoms with Crippen LogP contribution in [0.4, 0.5) is 5.69 Å². The molecule has 1 aliphatic rings. The molecule has 0 saturated carbocycles. The standard InChI is InChI=1S/C17H22N4O2/c22-8-7-18-17(23)12-21-11-16(10-19-21)20-15-6-5-13-3-1-2-4-14(13)9-15/h1-4,10-11,15,20,22H,5-9,12H2,(H,18,23). The van der Waals surface area contributed by atoms with Gasteiger partial charge in [-0.25, -0.2) is 0 Å². The molecular formula is C17H22N4O2. The molecule has 1 aliphatic carbocycles. The van der Waals surface area contributed by atoms with E-state index >= 15 is 0 Å². The lowest BCUT2D eigenvalue weighted by atomic mass is 9.88. The molecular weight excluding hydrogens is 292 g/mol. The minimum Gasteiger partial charge on any atom is -0.395 e. The molecule has 2 aromatic rings. The molecule has 0 spiro atoms. The Labute approximate surface area is 135 Å². The van der Waals surface area contributed by atoms with Crippen molar-refractivity contribution in [2.45, 2.75) is 31.8 Å². The van der Waals surface area contributed by atoms with Crippen LogP contribution in [0.25, 0.3) is 0 Å². The van der Waals surface area contributed by atoms with Gasteiger partial charge in [0, 0.05) is 18.8 Å². The lowest BCUT2D eigenvalue weighted by molar-refractivity contribution is -0.122. The third-order valence-electron chi connectivity index (χ3n) is 4.09. The maximum Gasteiger partial charge on any atom is 0.241 e. The molecule has 0 aliphatic heterocycles. The van der Waals surface area contributed by atoms with Crippen LogP contribution in [0.3, 0.4) is 0 Å². The maximum absolute atomic E-state index is 11.6. The summed E-state index contributed by atoms with van der Waals surface area (Å²) in [5, 5.41) is 19.0. The summed E-state index contributed by atoms with van der Waals surface area (Å²) >= 11 is 0. The zero-order valence-corrected chi connectivity index (χ0v) is 13.0. The molecule has 1 aromatic carbocycles. The van der Waals surface area contributed by atoms with E-state index in [0.29, 0.717) is 6.04 Å². The molecule has 6 nitrogen and oxygen atoms in total. The van der Waals surface area contributed by atoms with E-state index in [-0.39, 0.29) is 25.6 Å². The average Bonchev–Trinajstić information content (AvgIpc) is 2.99. The number of amides is 1. The van der Waals surface area contributed by atoms with Gasteiger partial charge in [-0.15, -0.1) is 0 Å². The first-order valence-corrected chi connectivity index (χ1v) is 7.98. The van der Waals surface area contributed by atoms with Gasteiger partial charge in [-0.3, -0.25) is 9.48 Å². The van der Waals surface area contributed by atoms with Crippen molar-refractivity contribution in [2.24, 2.45) is 0 Å². The smallest absolute Gasteiger partial charge is 0.241 e. The quantitative estimate of drug-likeness (QED) is 0.742. The summed E-state index contributed by atoms with van der Waals surface area (Å²) in [6, 6.07) is 8.97. The molecule has 1 aromatic heterocycles. The molecule has 1 heterocycles. The predicted molar refractivity (Wildman–Crippen MR) is 88.2 cm³/mol. The molecule has 3 N–H and O–H groups in total. The normalized spacial score (nSPS) is 16.7. The van der Waals surface area contributed by atoms with Crippen LogP contribution in [0, 0.1) is 0 Å². The highest BCUT2D eigenvalue weighted by Crippen LogP contribution is 2.23. The molecule has 0 radical (unpaired) electrons. The molecule has 1 atom stereocenters. The minimum atomic E-state index is -0.153. The predicted octanol–water partition coefficient (Wildman–Crippen LogP) is 0.961. The van der Waals surface area contributed by atoms with Crippen LogP contribution in [0.15, 0.2) is 36.7 Å². The molecule has 0 saturated heterocycles. The van der Waals surface area contributed by atoms with Crippen molar-refractivity contribution < 1.29 is 9.90 Å². The summed E-state index contributed by atoms with van der Waals surface area (Å²) in [4.78, 5) is 11.6. The summed E-state index contributed by atoms with van der Waals surface area (Å²) in [7, 11) is 0. The van der Waals surface area contributed by atoms with Crippen LogP contribution < -0.4 is 10.6 Å². The van der Waals surface area contributed by atoms with Crippen molar-refractivity contribution in [3.63, 3.8) is 0 Å². The fourth-order valence-electron chi connectivity index (χ4n) is 2.98. The van der Waals surface area contributed by atoms with Crippen LogP contribution in [0.2, 0.25) is 0 Å². The van der Waals surface area contributed by atoms with Crippen LogP contribution >= 0.6 is 0 Å². The fourth-order valence-corrected chi connectivity index (χ4v) is 2.98. The van der Waals surface area contributed by atoms with E-state index in [9.17, 15) is 4.79 Å². The van der Waals surface area contributed by atoms with Crippen molar-refractivity contribution in [1.82, 2.24) is 15.1 Å². The third-order valence-corrected chi connectivity index (χ3v) is 4.09. The van der Waals surface area contributed by atoms with Gasteiger partial charge in [0.05, 0.1) is 18.5 Å². The van der Waals surface area contributed by atoms with E-state index in [1.807, 2.05) is 6.20 Å². The highest BCUT2D eigenvalue weighted by Gasteiger charge is 2.18. The molecule has 1 amide bonds. The molecule has 23 heavy (non-hydrogen) atoms. The van der Waals surface area contributed by atoms with Crippen molar-refractivity contribution in [2.75, 3.05) is 18.5 Å². The van der Waals surface area contributed by atoms with Gasteiger partial charge in [0.25, 0.3) is 0 Å².